The van der Waals surface area contributed by atoms with Crippen molar-refractivity contribution in [2.75, 3.05) is 25.5 Å². The average Bonchev–Trinajstić information content (AvgIpc) is 2.80. The van der Waals surface area contributed by atoms with Crippen molar-refractivity contribution in [2.45, 2.75) is 6.61 Å². The number of hydrogen-bond acceptors (Lipinski definition) is 4. The number of hydrogen-bond donors (Lipinski definition) is 3. The van der Waals surface area contributed by atoms with E-state index >= 15 is 0 Å². The molecule has 0 saturated heterocycles. The predicted octanol–water partition coefficient (Wildman–Crippen LogP) is 1.95. The van der Waals surface area contributed by atoms with Crippen LogP contribution in [0.3, 0.4) is 0 Å². The standard InChI is InChI=1S/C13H16N2O4/c1-15(13(17)18)5-4-14-10-2-3-12-9(6-10)7-11(8-16)19-12/h2-3,6-7,14,16H,4-5,8H2,1H3,(H,17,18). The van der Waals surface area contributed by atoms with Crippen molar-refractivity contribution in [1.29, 1.82) is 0 Å². The zero-order valence-electron chi connectivity index (χ0n) is 10.6. The first-order valence-electron chi connectivity index (χ1n) is 5.91. The van der Waals surface area contributed by atoms with E-state index < -0.39 is 6.09 Å². The molecule has 1 heterocycles. The van der Waals surface area contributed by atoms with Gasteiger partial charge < -0.3 is 24.8 Å². The molecule has 1 aromatic carbocycles. The van der Waals surface area contributed by atoms with E-state index in [-0.39, 0.29) is 6.61 Å². The fourth-order valence-electron chi connectivity index (χ4n) is 1.75. The summed E-state index contributed by atoms with van der Waals surface area (Å²) in [5.74, 6) is 0.526. The molecular formula is C13H16N2O4. The first-order valence-corrected chi connectivity index (χ1v) is 5.91. The minimum atomic E-state index is -0.945. The molecule has 0 aliphatic heterocycles. The van der Waals surface area contributed by atoms with Crippen LogP contribution in [0.2, 0.25) is 0 Å². The molecule has 2 aromatic rings. The van der Waals surface area contributed by atoms with Gasteiger partial charge in [0.05, 0.1) is 0 Å². The van der Waals surface area contributed by atoms with E-state index in [1.807, 2.05) is 18.2 Å². The van der Waals surface area contributed by atoms with E-state index in [9.17, 15) is 4.79 Å². The third-order valence-corrected chi connectivity index (χ3v) is 2.83. The van der Waals surface area contributed by atoms with Gasteiger partial charge >= 0.3 is 6.09 Å². The molecule has 0 spiro atoms. The topological polar surface area (TPSA) is 85.9 Å². The van der Waals surface area contributed by atoms with E-state index in [0.29, 0.717) is 18.8 Å². The predicted molar refractivity (Wildman–Crippen MR) is 71.3 cm³/mol. The van der Waals surface area contributed by atoms with E-state index in [2.05, 4.69) is 5.32 Å². The van der Waals surface area contributed by atoms with Crippen molar-refractivity contribution >= 4 is 22.7 Å². The fraction of sp³-hybridized carbons (Fsp3) is 0.308. The van der Waals surface area contributed by atoms with E-state index in [0.717, 1.165) is 16.7 Å². The minimum Gasteiger partial charge on any atom is -0.465 e. The zero-order chi connectivity index (χ0) is 13.8. The van der Waals surface area contributed by atoms with Gasteiger partial charge in [-0.15, -0.1) is 0 Å². The molecule has 19 heavy (non-hydrogen) atoms. The van der Waals surface area contributed by atoms with Gasteiger partial charge in [0.2, 0.25) is 0 Å². The molecule has 6 heteroatoms. The summed E-state index contributed by atoms with van der Waals surface area (Å²) in [4.78, 5) is 11.8. The summed E-state index contributed by atoms with van der Waals surface area (Å²) in [7, 11) is 1.52. The molecule has 0 aliphatic carbocycles. The van der Waals surface area contributed by atoms with Gasteiger partial charge in [-0.2, -0.15) is 0 Å². The Labute approximate surface area is 110 Å². The van der Waals surface area contributed by atoms with Crippen molar-refractivity contribution in [3.05, 3.63) is 30.0 Å². The van der Waals surface area contributed by atoms with Crippen LogP contribution in [0, 0.1) is 0 Å². The molecular weight excluding hydrogens is 248 g/mol. The third kappa shape index (κ3) is 3.17. The first-order chi connectivity index (χ1) is 9.10. The van der Waals surface area contributed by atoms with Gasteiger partial charge in [-0.3, -0.25) is 0 Å². The van der Waals surface area contributed by atoms with Gasteiger partial charge in [-0.05, 0) is 24.3 Å². The highest BCUT2D eigenvalue weighted by Crippen LogP contribution is 2.22. The highest BCUT2D eigenvalue weighted by molar-refractivity contribution is 5.81. The zero-order valence-corrected chi connectivity index (χ0v) is 10.6. The average molecular weight is 264 g/mol. The minimum absolute atomic E-state index is 0.124. The molecule has 0 unspecified atom stereocenters. The van der Waals surface area contributed by atoms with Crippen LogP contribution in [0.1, 0.15) is 5.76 Å². The van der Waals surface area contributed by atoms with Crippen LogP contribution in [0.25, 0.3) is 11.0 Å². The normalized spacial score (nSPS) is 10.6. The maximum Gasteiger partial charge on any atom is 0.407 e. The number of likely N-dealkylation sites (N-methyl/N-ethyl adjacent to an activating group) is 1. The molecule has 1 aromatic heterocycles. The molecule has 6 nitrogen and oxygen atoms in total. The summed E-state index contributed by atoms with van der Waals surface area (Å²) in [6.45, 7) is 0.806. The lowest BCUT2D eigenvalue weighted by Gasteiger charge is -2.13. The van der Waals surface area contributed by atoms with Gasteiger partial charge in [0.15, 0.2) is 0 Å². The Morgan fingerprint density at radius 3 is 2.89 bits per heavy atom. The van der Waals surface area contributed by atoms with E-state index in [4.69, 9.17) is 14.6 Å². The SMILES string of the molecule is CN(CCNc1ccc2oc(CO)cc2c1)C(=O)O. The Kier molecular flexibility index (Phi) is 3.91. The van der Waals surface area contributed by atoms with Crippen molar-refractivity contribution in [2.24, 2.45) is 0 Å². The summed E-state index contributed by atoms with van der Waals surface area (Å²) >= 11 is 0. The van der Waals surface area contributed by atoms with E-state index in [1.165, 1.54) is 11.9 Å². The number of furan rings is 1. The van der Waals surface area contributed by atoms with Gasteiger partial charge in [-0.1, -0.05) is 0 Å². The lowest BCUT2D eigenvalue weighted by molar-refractivity contribution is 0.157. The van der Waals surface area contributed by atoms with Crippen molar-refractivity contribution in [1.82, 2.24) is 4.90 Å². The summed E-state index contributed by atoms with van der Waals surface area (Å²) in [6.07, 6.45) is -0.945. The monoisotopic (exact) mass is 264 g/mol. The number of anilines is 1. The van der Waals surface area contributed by atoms with Crippen molar-refractivity contribution in [3.63, 3.8) is 0 Å². The number of benzene rings is 1. The van der Waals surface area contributed by atoms with E-state index in [1.54, 1.807) is 6.07 Å². The Hall–Kier alpha value is -2.21. The molecule has 0 atom stereocenters. The Morgan fingerprint density at radius 2 is 2.21 bits per heavy atom. The Bertz CT molecular complexity index is 579. The lowest BCUT2D eigenvalue weighted by Crippen LogP contribution is -2.29. The van der Waals surface area contributed by atoms with Crippen LogP contribution >= 0.6 is 0 Å². The third-order valence-electron chi connectivity index (χ3n) is 2.83. The number of rotatable bonds is 5. The highest BCUT2D eigenvalue weighted by atomic mass is 16.4. The van der Waals surface area contributed by atoms with Crippen LogP contribution in [-0.2, 0) is 6.61 Å². The summed E-state index contributed by atoms with van der Waals surface area (Å²) < 4.78 is 5.38. The Balaban J connectivity index is 1.99. The lowest BCUT2D eigenvalue weighted by atomic mass is 10.2. The fourth-order valence-corrected chi connectivity index (χ4v) is 1.75. The van der Waals surface area contributed by atoms with Crippen molar-refractivity contribution in [3.8, 4) is 0 Å². The van der Waals surface area contributed by atoms with Gasteiger partial charge in [0.1, 0.15) is 18.0 Å². The van der Waals surface area contributed by atoms with Crippen LogP contribution < -0.4 is 5.32 Å². The second-order valence-electron chi connectivity index (χ2n) is 4.25. The molecule has 0 bridgehead atoms. The van der Waals surface area contributed by atoms with Crippen LogP contribution in [-0.4, -0.2) is 41.3 Å². The second-order valence-corrected chi connectivity index (χ2v) is 4.25. The molecule has 2 rings (SSSR count). The number of carbonyl (C=O) groups is 1. The number of amides is 1. The second kappa shape index (κ2) is 5.62. The quantitative estimate of drug-likeness (QED) is 0.768. The first kappa shape index (κ1) is 13.2. The largest absolute Gasteiger partial charge is 0.465 e. The molecule has 3 N–H and O–H groups in total. The molecule has 0 fully saturated rings. The number of nitrogens with zero attached hydrogens (tertiary/aromatic N) is 1. The number of aliphatic hydroxyl groups excluding tert-OH is 1. The summed E-state index contributed by atoms with van der Waals surface area (Å²) in [5.41, 5.74) is 1.61. The van der Waals surface area contributed by atoms with Crippen LogP contribution in [0.4, 0.5) is 10.5 Å². The van der Waals surface area contributed by atoms with Gasteiger partial charge in [-0.25, -0.2) is 4.79 Å². The van der Waals surface area contributed by atoms with Gasteiger partial charge in [0, 0.05) is 31.2 Å². The number of aliphatic hydroxyl groups is 1. The smallest absolute Gasteiger partial charge is 0.407 e. The maximum atomic E-state index is 10.6. The van der Waals surface area contributed by atoms with Gasteiger partial charge in [0.25, 0.3) is 0 Å². The summed E-state index contributed by atoms with van der Waals surface area (Å²) in [6, 6.07) is 7.36. The van der Waals surface area contributed by atoms with Crippen molar-refractivity contribution < 1.29 is 19.4 Å². The number of fused-ring (bicyclic) bond motifs is 1. The Morgan fingerprint density at radius 1 is 1.42 bits per heavy atom. The molecule has 0 saturated carbocycles. The summed E-state index contributed by atoms with van der Waals surface area (Å²) in [5, 5.41) is 21.7. The molecule has 0 aliphatic rings. The number of carboxylic acid groups (broad SMARTS) is 1. The van der Waals surface area contributed by atoms with Crippen LogP contribution in [0.15, 0.2) is 28.7 Å². The molecule has 1 amide bonds. The highest BCUT2D eigenvalue weighted by Gasteiger charge is 2.05. The van der Waals surface area contributed by atoms with Crippen LogP contribution in [0.5, 0.6) is 0 Å². The number of nitrogens with one attached hydrogen (secondary N) is 1. The molecule has 0 radical (unpaired) electrons. The maximum absolute atomic E-state index is 10.6. The molecule has 102 valence electrons.